The van der Waals surface area contributed by atoms with Crippen LogP contribution in [-0.4, -0.2) is 25.9 Å². The summed E-state index contributed by atoms with van der Waals surface area (Å²) in [6, 6.07) is 8.57. The zero-order chi connectivity index (χ0) is 20.9. The maximum Gasteiger partial charge on any atom is 0.233 e. The maximum absolute atomic E-state index is 13.0. The lowest BCUT2D eigenvalue weighted by atomic mass is 9.88. The molecule has 2 aromatic rings. The van der Waals surface area contributed by atoms with E-state index in [1.54, 1.807) is 0 Å². The van der Waals surface area contributed by atoms with Gasteiger partial charge in [0.1, 0.15) is 5.82 Å². The van der Waals surface area contributed by atoms with Crippen molar-refractivity contribution in [3.63, 3.8) is 0 Å². The van der Waals surface area contributed by atoms with Gasteiger partial charge in [-0.25, -0.2) is 0 Å². The molecule has 5 nitrogen and oxygen atoms in total. The number of aryl methyl sites for hydroxylation is 1. The fourth-order valence-corrected chi connectivity index (χ4v) is 5.63. The van der Waals surface area contributed by atoms with E-state index in [-0.39, 0.29) is 17.2 Å². The molecular formula is C24H32N4OS. The summed E-state index contributed by atoms with van der Waals surface area (Å²) >= 11 is 1.50. The minimum atomic E-state index is -0.231. The number of amides is 1. The minimum Gasteiger partial charge on any atom is -0.348 e. The summed E-state index contributed by atoms with van der Waals surface area (Å²) in [5, 5.41) is 12.9. The van der Waals surface area contributed by atoms with E-state index in [9.17, 15) is 4.79 Å². The fraction of sp³-hybridized carbons (Fsp3) is 0.542. The molecule has 0 spiro atoms. The molecular weight excluding hydrogens is 392 g/mol. The van der Waals surface area contributed by atoms with Crippen molar-refractivity contribution in [3.05, 3.63) is 53.9 Å². The van der Waals surface area contributed by atoms with Crippen molar-refractivity contribution >= 4 is 17.7 Å². The number of nitrogens with zero attached hydrogens (tertiary/aromatic N) is 3. The smallest absolute Gasteiger partial charge is 0.233 e. The van der Waals surface area contributed by atoms with Crippen molar-refractivity contribution in [2.75, 3.05) is 0 Å². The Bertz CT molecular complexity index is 887. The van der Waals surface area contributed by atoms with Gasteiger partial charge in [0.15, 0.2) is 5.16 Å². The Hall–Kier alpha value is -2.08. The Morgan fingerprint density at radius 1 is 1.23 bits per heavy atom. The van der Waals surface area contributed by atoms with Crippen LogP contribution in [0.25, 0.3) is 0 Å². The summed E-state index contributed by atoms with van der Waals surface area (Å²) in [6.07, 6.45) is 11.3. The molecule has 160 valence electrons. The highest BCUT2D eigenvalue weighted by Gasteiger charge is 2.27. The molecule has 6 heteroatoms. The third-order valence-electron chi connectivity index (χ3n) is 6.36. The second-order valence-corrected chi connectivity index (χ2v) is 9.80. The van der Waals surface area contributed by atoms with Crippen LogP contribution in [0.4, 0.5) is 0 Å². The third kappa shape index (κ3) is 4.64. The highest BCUT2D eigenvalue weighted by Crippen LogP contribution is 2.34. The number of benzene rings is 1. The Balaban J connectivity index is 1.44. The van der Waals surface area contributed by atoms with E-state index in [0.29, 0.717) is 12.5 Å². The second kappa shape index (κ2) is 9.82. The topological polar surface area (TPSA) is 59.8 Å². The van der Waals surface area contributed by atoms with Gasteiger partial charge in [-0.15, -0.1) is 16.8 Å². The molecule has 1 saturated carbocycles. The zero-order valence-corrected chi connectivity index (χ0v) is 18.7. The number of allylic oxidation sites excluding steroid dienone is 1. The van der Waals surface area contributed by atoms with Gasteiger partial charge in [0.2, 0.25) is 5.91 Å². The van der Waals surface area contributed by atoms with Crippen molar-refractivity contribution in [1.29, 1.82) is 0 Å². The molecule has 2 aliphatic rings. The largest absolute Gasteiger partial charge is 0.348 e. The first-order chi connectivity index (χ1) is 14.7. The van der Waals surface area contributed by atoms with Crippen LogP contribution in [-0.2, 0) is 17.8 Å². The highest BCUT2D eigenvalue weighted by atomic mass is 32.2. The van der Waals surface area contributed by atoms with Crippen LogP contribution in [0, 0.1) is 0 Å². The van der Waals surface area contributed by atoms with Crippen LogP contribution in [0.15, 0.2) is 42.1 Å². The molecule has 4 rings (SSSR count). The standard InChI is InChI=1S/C24H32N4OS/c1-3-16-28-22(19-11-5-4-6-12-19)26-27-24(28)30-17(2)23(29)25-21-15-9-13-18-10-7-8-14-20(18)21/h3,7-8,10,14,17,19,21H,1,4-6,9,11-13,15-16H2,2H3,(H,25,29)/t17-,21+/m0/s1. The van der Waals surface area contributed by atoms with E-state index < -0.39 is 0 Å². The SMILES string of the molecule is C=CCn1c(S[C@@H](C)C(=O)N[C@@H]2CCCc3ccccc32)nnc1C1CCCCC1. The summed E-state index contributed by atoms with van der Waals surface area (Å²) in [6.45, 7) is 6.56. The van der Waals surface area contributed by atoms with Gasteiger partial charge < -0.3 is 9.88 Å². The first-order valence-corrected chi connectivity index (χ1v) is 12.1. The van der Waals surface area contributed by atoms with Crippen molar-refractivity contribution in [2.24, 2.45) is 0 Å². The van der Waals surface area contributed by atoms with E-state index in [1.807, 2.05) is 13.0 Å². The number of hydrogen-bond donors (Lipinski definition) is 1. The molecule has 0 saturated heterocycles. The number of fused-ring (bicyclic) bond motifs is 1. The normalized spacial score (nSPS) is 20.4. The first kappa shape index (κ1) is 21.2. The minimum absolute atomic E-state index is 0.0640. The lowest BCUT2D eigenvalue weighted by Gasteiger charge is -2.27. The average Bonchev–Trinajstić information content (AvgIpc) is 3.17. The van der Waals surface area contributed by atoms with Crippen molar-refractivity contribution in [3.8, 4) is 0 Å². The molecule has 0 radical (unpaired) electrons. The highest BCUT2D eigenvalue weighted by molar-refractivity contribution is 8.00. The number of rotatable bonds is 7. The number of thioether (sulfide) groups is 1. The van der Waals surface area contributed by atoms with Crippen molar-refractivity contribution in [1.82, 2.24) is 20.1 Å². The monoisotopic (exact) mass is 424 g/mol. The summed E-state index contributed by atoms with van der Waals surface area (Å²) in [4.78, 5) is 13.0. The van der Waals surface area contributed by atoms with Gasteiger partial charge in [-0.3, -0.25) is 4.79 Å². The van der Waals surface area contributed by atoms with Crippen molar-refractivity contribution in [2.45, 2.75) is 87.2 Å². The van der Waals surface area contributed by atoms with Gasteiger partial charge in [0.05, 0.1) is 11.3 Å². The van der Waals surface area contributed by atoms with Crippen LogP contribution in [0.3, 0.4) is 0 Å². The van der Waals surface area contributed by atoms with Gasteiger partial charge in [-0.2, -0.15) is 0 Å². The molecule has 1 heterocycles. The summed E-state index contributed by atoms with van der Waals surface area (Å²) in [5.74, 6) is 1.60. The number of carbonyl (C=O) groups excluding carboxylic acids is 1. The molecule has 1 fully saturated rings. The van der Waals surface area contributed by atoms with Crippen LogP contribution in [0.1, 0.15) is 80.8 Å². The zero-order valence-electron chi connectivity index (χ0n) is 17.8. The Labute approximate surface area is 183 Å². The fourth-order valence-electron chi connectivity index (χ4n) is 4.76. The molecule has 0 aliphatic heterocycles. The van der Waals surface area contributed by atoms with E-state index in [0.717, 1.165) is 30.2 Å². The number of carbonyl (C=O) groups is 1. The Kier molecular flexibility index (Phi) is 6.93. The summed E-state index contributed by atoms with van der Waals surface area (Å²) in [5.41, 5.74) is 2.63. The molecule has 0 unspecified atom stereocenters. The number of nitrogens with one attached hydrogen (secondary N) is 1. The molecule has 2 aliphatic carbocycles. The second-order valence-electron chi connectivity index (χ2n) is 8.49. The molecule has 1 aromatic heterocycles. The number of hydrogen-bond acceptors (Lipinski definition) is 4. The molecule has 0 bridgehead atoms. The molecule has 1 aromatic carbocycles. The van der Waals surface area contributed by atoms with Crippen LogP contribution < -0.4 is 5.32 Å². The quantitative estimate of drug-likeness (QED) is 0.491. The van der Waals surface area contributed by atoms with E-state index in [2.05, 4.69) is 50.9 Å². The average molecular weight is 425 g/mol. The van der Waals surface area contributed by atoms with Gasteiger partial charge in [0, 0.05) is 12.5 Å². The van der Waals surface area contributed by atoms with E-state index in [4.69, 9.17) is 0 Å². The summed E-state index contributed by atoms with van der Waals surface area (Å²) < 4.78 is 2.16. The third-order valence-corrected chi connectivity index (χ3v) is 7.45. The van der Waals surface area contributed by atoms with Crippen LogP contribution in [0.5, 0.6) is 0 Å². The predicted molar refractivity (Wildman–Crippen MR) is 122 cm³/mol. The first-order valence-electron chi connectivity index (χ1n) is 11.3. The Morgan fingerprint density at radius 3 is 2.83 bits per heavy atom. The van der Waals surface area contributed by atoms with Gasteiger partial charge in [-0.05, 0) is 50.2 Å². The molecule has 30 heavy (non-hydrogen) atoms. The lowest BCUT2D eigenvalue weighted by Crippen LogP contribution is -2.36. The van der Waals surface area contributed by atoms with Gasteiger partial charge in [-0.1, -0.05) is 61.4 Å². The number of aromatic nitrogens is 3. The van der Waals surface area contributed by atoms with Gasteiger partial charge in [0.25, 0.3) is 0 Å². The predicted octanol–water partition coefficient (Wildman–Crippen LogP) is 5.19. The van der Waals surface area contributed by atoms with Crippen LogP contribution >= 0.6 is 11.8 Å². The maximum atomic E-state index is 13.0. The van der Waals surface area contributed by atoms with Crippen molar-refractivity contribution < 1.29 is 4.79 Å². The molecule has 1 amide bonds. The van der Waals surface area contributed by atoms with E-state index in [1.165, 1.54) is 55.0 Å². The molecule has 1 N–H and O–H groups in total. The van der Waals surface area contributed by atoms with Gasteiger partial charge >= 0.3 is 0 Å². The Morgan fingerprint density at radius 2 is 2.03 bits per heavy atom. The van der Waals surface area contributed by atoms with E-state index >= 15 is 0 Å². The molecule has 2 atom stereocenters. The van der Waals surface area contributed by atoms with Crippen LogP contribution in [0.2, 0.25) is 0 Å². The lowest BCUT2D eigenvalue weighted by molar-refractivity contribution is -0.121. The summed E-state index contributed by atoms with van der Waals surface area (Å²) in [7, 11) is 0.